The van der Waals surface area contributed by atoms with Crippen LogP contribution in [0.2, 0.25) is 0 Å². The number of ether oxygens (including phenoxy) is 2. The van der Waals surface area contributed by atoms with Crippen LogP contribution in [0, 0.1) is 23.7 Å². The summed E-state index contributed by atoms with van der Waals surface area (Å²) in [7, 11) is 0. The second-order valence-electron chi connectivity index (χ2n) is 10.7. The van der Waals surface area contributed by atoms with Gasteiger partial charge >= 0.3 is 23.1 Å². The van der Waals surface area contributed by atoms with E-state index < -0.39 is 0 Å². The van der Waals surface area contributed by atoms with Gasteiger partial charge in [-0.05, 0) is 49.4 Å². The Morgan fingerprint density at radius 1 is 0.371 bits per heavy atom. The summed E-state index contributed by atoms with van der Waals surface area (Å²) < 4.78 is 11.9. The molecule has 2 nitrogen and oxygen atoms in total. The molecule has 35 heavy (non-hydrogen) atoms. The smallest absolute Gasteiger partial charge is 0.316 e. The summed E-state index contributed by atoms with van der Waals surface area (Å²) in [6.45, 7) is 22.2. The fourth-order valence-electron chi connectivity index (χ4n) is 4.40. The zero-order valence-electron chi connectivity index (χ0n) is 25.3. The average Bonchev–Trinajstić information content (AvgIpc) is 2.87. The maximum Gasteiger partial charge on any atom is 0.316 e. The molecule has 0 aliphatic heterocycles. The van der Waals surface area contributed by atoms with Crippen LogP contribution in [0.3, 0.4) is 0 Å². The quantitative estimate of drug-likeness (QED) is 0.120. The molecule has 3 heteroatoms. The average molecular weight is 511 g/mol. The lowest BCUT2D eigenvalue weighted by Crippen LogP contribution is -2.14. The van der Waals surface area contributed by atoms with Gasteiger partial charge in [-0.2, -0.15) is 0 Å². The summed E-state index contributed by atoms with van der Waals surface area (Å²) in [5.74, 6) is 3.16. The number of unbranched alkanes of at least 4 members (excludes halogenated alkanes) is 4. The van der Waals surface area contributed by atoms with Gasteiger partial charge in [0.05, 0.1) is 0 Å². The molecule has 212 valence electrons. The Labute approximate surface area is 240 Å². The van der Waals surface area contributed by atoms with Crippen molar-refractivity contribution in [3.05, 3.63) is 0 Å². The Hall–Kier alpha value is 0.686. The Balaban J connectivity index is -0.000000569. The Morgan fingerprint density at radius 2 is 0.571 bits per heavy atom. The monoisotopic (exact) mass is 511 g/mol. The van der Waals surface area contributed by atoms with E-state index >= 15 is 0 Å². The highest BCUT2D eigenvalue weighted by Gasteiger charge is 2.10. The van der Waals surface area contributed by atoms with Crippen LogP contribution in [-0.2, 0) is 9.47 Å². The molecule has 0 saturated carbocycles. The molecule has 0 saturated heterocycles. The fraction of sp³-hybridized carbons (Fsp3) is 1.00. The van der Waals surface area contributed by atoms with E-state index in [0.717, 1.165) is 50.1 Å². The van der Waals surface area contributed by atoms with Gasteiger partial charge in [-0.3, -0.25) is 0 Å². The van der Waals surface area contributed by atoms with Crippen molar-refractivity contribution < 1.29 is 9.47 Å². The van der Waals surface area contributed by atoms with Crippen molar-refractivity contribution in [2.45, 2.75) is 158 Å². The van der Waals surface area contributed by atoms with E-state index in [4.69, 9.17) is 9.47 Å². The van der Waals surface area contributed by atoms with Crippen molar-refractivity contribution in [2.75, 3.05) is 26.4 Å². The summed E-state index contributed by atoms with van der Waals surface area (Å²) in [4.78, 5) is 0. The lowest BCUT2D eigenvalue weighted by Gasteiger charge is -2.18. The molecule has 0 radical (unpaired) electrons. The van der Waals surface area contributed by atoms with Crippen molar-refractivity contribution >= 4 is 23.1 Å². The second-order valence-corrected chi connectivity index (χ2v) is 10.7. The molecule has 0 aromatic rings. The first-order valence-corrected chi connectivity index (χ1v) is 15.7. The van der Waals surface area contributed by atoms with Gasteiger partial charge in [0.1, 0.15) is 0 Å². The first-order valence-electron chi connectivity index (χ1n) is 15.7. The van der Waals surface area contributed by atoms with Gasteiger partial charge in [0, 0.05) is 26.4 Å². The molecule has 0 aliphatic carbocycles. The molecule has 4 atom stereocenters. The van der Waals surface area contributed by atoms with E-state index in [1.54, 1.807) is 0 Å². The Bertz CT molecular complexity index is 297. The molecule has 0 rings (SSSR count). The van der Waals surface area contributed by atoms with Gasteiger partial charge in [0.25, 0.3) is 0 Å². The maximum absolute atomic E-state index is 5.93. The van der Waals surface area contributed by atoms with Crippen molar-refractivity contribution in [1.29, 1.82) is 0 Å². The highest BCUT2D eigenvalue weighted by atomic mass is 24.3. The molecule has 4 unspecified atom stereocenters. The topological polar surface area (TPSA) is 18.5 Å². The van der Waals surface area contributed by atoms with E-state index in [9.17, 15) is 0 Å². The fourth-order valence-corrected chi connectivity index (χ4v) is 4.40. The van der Waals surface area contributed by atoms with E-state index in [0.29, 0.717) is 0 Å². The van der Waals surface area contributed by atoms with Crippen LogP contribution in [0.15, 0.2) is 0 Å². The third-order valence-corrected chi connectivity index (χ3v) is 7.59. The van der Waals surface area contributed by atoms with Crippen LogP contribution < -0.4 is 0 Å². The highest BCUT2D eigenvalue weighted by Crippen LogP contribution is 2.17. The van der Waals surface area contributed by atoms with Crippen LogP contribution in [0.25, 0.3) is 0 Å². The SMILES string of the molecule is CCCCC(CC)COCC(CC)CCCC.CCCCC(CC)COCC(CC)CCCC.[MgH2]. The van der Waals surface area contributed by atoms with Gasteiger partial charge in [-0.15, -0.1) is 0 Å². The van der Waals surface area contributed by atoms with Gasteiger partial charge in [-0.1, -0.05) is 132 Å². The summed E-state index contributed by atoms with van der Waals surface area (Å²) in [6.07, 6.45) is 21.1. The van der Waals surface area contributed by atoms with E-state index in [1.165, 1.54) is 103 Å². The van der Waals surface area contributed by atoms with Gasteiger partial charge in [-0.25, -0.2) is 0 Å². The molecule has 0 amide bonds. The predicted molar refractivity (Wildman–Crippen MR) is 163 cm³/mol. The third kappa shape index (κ3) is 27.5. The van der Waals surface area contributed by atoms with Crippen LogP contribution in [0.5, 0.6) is 0 Å². The van der Waals surface area contributed by atoms with Crippen molar-refractivity contribution in [2.24, 2.45) is 23.7 Å². The number of hydrogen-bond donors (Lipinski definition) is 0. The van der Waals surface area contributed by atoms with E-state index in [-0.39, 0.29) is 23.1 Å². The molecule has 0 heterocycles. The molecule has 0 spiro atoms. The normalized spacial score (nSPS) is 14.4. The molecule has 0 N–H and O–H groups in total. The van der Waals surface area contributed by atoms with Crippen molar-refractivity contribution in [3.63, 3.8) is 0 Å². The minimum atomic E-state index is 0. The van der Waals surface area contributed by atoms with Crippen LogP contribution >= 0.6 is 0 Å². The summed E-state index contributed by atoms with van der Waals surface area (Å²) in [5.41, 5.74) is 0. The third-order valence-electron chi connectivity index (χ3n) is 7.59. The van der Waals surface area contributed by atoms with Crippen LogP contribution in [0.4, 0.5) is 0 Å². The summed E-state index contributed by atoms with van der Waals surface area (Å²) in [6, 6.07) is 0. The van der Waals surface area contributed by atoms with Crippen LogP contribution in [0.1, 0.15) is 158 Å². The first-order chi connectivity index (χ1) is 16.6. The Morgan fingerprint density at radius 3 is 0.714 bits per heavy atom. The minimum absolute atomic E-state index is 0. The van der Waals surface area contributed by atoms with Crippen LogP contribution in [-0.4, -0.2) is 49.5 Å². The lowest BCUT2D eigenvalue weighted by atomic mass is 9.99. The molecular weight excluding hydrogens is 441 g/mol. The number of hydrogen-bond acceptors (Lipinski definition) is 2. The van der Waals surface area contributed by atoms with Gasteiger partial charge < -0.3 is 9.47 Å². The molecule has 0 bridgehead atoms. The zero-order chi connectivity index (χ0) is 25.9. The van der Waals surface area contributed by atoms with Crippen molar-refractivity contribution in [1.82, 2.24) is 0 Å². The van der Waals surface area contributed by atoms with E-state index in [1.807, 2.05) is 0 Å². The van der Waals surface area contributed by atoms with Crippen molar-refractivity contribution in [3.8, 4) is 0 Å². The molecule has 0 fully saturated rings. The Kier molecular flexibility index (Phi) is 37.6. The standard InChI is InChI=1S/2C16H34O.Mg.2H/c2*1-5-9-11-15(7-3)13-17-14-16(8-4)12-10-6-2;;;/h2*15-16H,5-14H2,1-4H3;;;. The van der Waals surface area contributed by atoms with Gasteiger partial charge in [0.2, 0.25) is 0 Å². The minimum Gasteiger partial charge on any atom is -0.381 e. The zero-order valence-corrected chi connectivity index (χ0v) is 25.3. The second kappa shape index (κ2) is 32.7. The number of rotatable bonds is 24. The van der Waals surface area contributed by atoms with E-state index in [2.05, 4.69) is 55.4 Å². The lowest BCUT2D eigenvalue weighted by molar-refractivity contribution is 0.0630. The molecule has 0 aromatic carbocycles. The first kappa shape index (κ1) is 40.2. The molecule has 0 aromatic heterocycles. The summed E-state index contributed by atoms with van der Waals surface area (Å²) >= 11 is 0. The summed E-state index contributed by atoms with van der Waals surface area (Å²) in [5, 5.41) is 0. The van der Waals surface area contributed by atoms with Gasteiger partial charge in [0.15, 0.2) is 0 Å². The molecular formula is C32H70MgO2. The molecule has 0 aliphatic rings. The predicted octanol–water partition coefficient (Wildman–Crippen LogP) is 9.96. The largest absolute Gasteiger partial charge is 0.381 e. The highest BCUT2D eigenvalue weighted by molar-refractivity contribution is 5.75. The maximum atomic E-state index is 5.93.